The Kier molecular flexibility index (Phi) is 5.89. The summed E-state index contributed by atoms with van der Waals surface area (Å²) < 4.78 is 5.70. The van der Waals surface area contributed by atoms with Gasteiger partial charge in [-0.2, -0.15) is 0 Å². The molecule has 1 aromatic carbocycles. The van der Waals surface area contributed by atoms with E-state index >= 15 is 0 Å². The standard InChI is InChI=1S/C18H28N2O3/c21-16-11-20(12-16)10-15-4-6-18(7-5-15)23-14-17(22)13-19-8-2-1-3-9-19/h4-7,16-17,21-22H,1-3,8-14H2/t17-/m0/s1. The molecule has 0 spiro atoms. The van der Waals surface area contributed by atoms with E-state index in [-0.39, 0.29) is 6.10 Å². The summed E-state index contributed by atoms with van der Waals surface area (Å²) in [5, 5.41) is 19.4. The highest BCUT2D eigenvalue weighted by Crippen LogP contribution is 2.17. The molecule has 0 saturated carbocycles. The van der Waals surface area contributed by atoms with Crippen molar-refractivity contribution in [3.63, 3.8) is 0 Å². The molecule has 5 heteroatoms. The molecule has 1 atom stereocenters. The fourth-order valence-corrected chi connectivity index (χ4v) is 3.31. The Bertz CT molecular complexity index is 468. The first-order valence-corrected chi connectivity index (χ1v) is 8.71. The molecule has 0 radical (unpaired) electrons. The van der Waals surface area contributed by atoms with Gasteiger partial charge in [-0.05, 0) is 43.6 Å². The summed E-state index contributed by atoms with van der Waals surface area (Å²) in [6, 6.07) is 8.02. The van der Waals surface area contributed by atoms with Crippen molar-refractivity contribution in [2.75, 3.05) is 39.3 Å². The lowest BCUT2D eigenvalue weighted by Crippen LogP contribution is -2.49. The zero-order valence-electron chi connectivity index (χ0n) is 13.7. The average molecular weight is 320 g/mol. The summed E-state index contributed by atoms with van der Waals surface area (Å²) in [6.45, 7) is 5.63. The van der Waals surface area contributed by atoms with Crippen molar-refractivity contribution in [2.45, 2.75) is 38.0 Å². The maximum absolute atomic E-state index is 10.1. The normalized spacial score (nSPS) is 21.8. The van der Waals surface area contributed by atoms with Crippen LogP contribution >= 0.6 is 0 Å². The Morgan fingerprint density at radius 1 is 1.04 bits per heavy atom. The van der Waals surface area contributed by atoms with Gasteiger partial charge in [0.1, 0.15) is 18.5 Å². The molecule has 2 saturated heterocycles. The van der Waals surface area contributed by atoms with Gasteiger partial charge in [-0.3, -0.25) is 4.90 Å². The van der Waals surface area contributed by atoms with Crippen molar-refractivity contribution in [2.24, 2.45) is 0 Å². The molecule has 128 valence electrons. The maximum atomic E-state index is 10.1. The van der Waals surface area contributed by atoms with Crippen molar-refractivity contribution < 1.29 is 14.9 Å². The molecule has 0 unspecified atom stereocenters. The smallest absolute Gasteiger partial charge is 0.119 e. The number of hydrogen-bond donors (Lipinski definition) is 2. The molecule has 0 aliphatic carbocycles. The Morgan fingerprint density at radius 2 is 1.74 bits per heavy atom. The second-order valence-electron chi connectivity index (χ2n) is 6.82. The van der Waals surface area contributed by atoms with Gasteiger partial charge in [-0.1, -0.05) is 18.6 Å². The largest absolute Gasteiger partial charge is 0.491 e. The van der Waals surface area contributed by atoms with Crippen LogP contribution in [-0.2, 0) is 6.54 Å². The number of piperidine rings is 1. The van der Waals surface area contributed by atoms with Crippen LogP contribution in [0.3, 0.4) is 0 Å². The summed E-state index contributed by atoms with van der Waals surface area (Å²) in [4.78, 5) is 4.53. The number of β-amino-alcohol motifs (C(OH)–C–C–N with tert-alkyl or cyclic N) is 2. The van der Waals surface area contributed by atoms with Gasteiger partial charge < -0.3 is 19.8 Å². The van der Waals surface area contributed by atoms with Crippen LogP contribution in [0, 0.1) is 0 Å². The molecule has 0 aromatic heterocycles. The highest BCUT2D eigenvalue weighted by Gasteiger charge is 2.23. The van der Waals surface area contributed by atoms with Gasteiger partial charge in [0.05, 0.1) is 6.10 Å². The number of rotatable bonds is 7. The number of hydrogen-bond acceptors (Lipinski definition) is 5. The first-order chi connectivity index (χ1) is 11.2. The third-order valence-corrected chi connectivity index (χ3v) is 4.63. The van der Waals surface area contributed by atoms with Crippen LogP contribution in [0.4, 0.5) is 0 Å². The van der Waals surface area contributed by atoms with Crippen LogP contribution < -0.4 is 4.74 Å². The van der Waals surface area contributed by atoms with E-state index in [9.17, 15) is 10.2 Å². The summed E-state index contributed by atoms with van der Waals surface area (Å²) in [5.41, 5.74) is 1.22. The fourth-order valence-electron chi connectivity index (χ4n) is 3.31. The monoisotopic (exact) mass is 320 g/mol. The minimum absolute atomic E-state index is 0.154. The van der Waals surface area contributed by atoms with E-state index in [0.717, 1.165) is 38.5 Å². The number of benzene rings is 1. The van der Waals surface area contributed by atoms with E-state index in [1.54, 1.807) is 0 Å². The molecule has 5 nitrogen and oxygen atoms in total. The predicted octanol–water partition coefficient (Wildman–Crippen LogP) is 1.09. The van der Waals surface area contributed by atoms with E-state index < -0.39 is 6.10 Å². The van der Waals surface area contributed by atoms with Crippen molar-refractivity contribution in [1.29, 1.82) is 0 Å². The number of ether oxygens (including phenoxy) is 1. The van der Waals surface area contributed by atoms with Gasteiger partial charge in [-0.15, -0.1) is 0 Å². The van der Waals surface area contributed by atoms with Gasteiger partial charge in [0.2, 0.25) is 0 Å². The lowest BCUT2D eigenvalue weighted by molar-refractivity contribution is -0.00287. The van der Waals surface area contributed by atoms with Crippen molar-refractivity contribution in [3.05, 3.63) is 29.8 Å². The molecule has 2 heterocycles. The number of likely N-dealkylation sites (tertiary alicyclic amines) is 2. The van der Waals surface area contributed by atoms with Gasteiger partial charge in [0.25, 0.3) is 0 Å². The van der Waals surface area contributed by atoms with Crippen LogP contribution in [0.25, 0.3) is 0 Å². The highest BCUT2D eigenvalue weighted by atomic mass is 16.5. The molecule has 2 fully saturated rings. The zero-order valence-corrected chi connectivity index (χ0v) is 13.7. The molecule has 2 aliphatic heterocycles. The lowest BCUT2D eigenvalue weighted by Gasteiger charge is -2.35. The maximum Gasteiger partial charge on any atom is 0.119 e. The Hall–Kier alpha value is -1.14. The van der Waals surface area contributed by atoms with Crippen molar-refractivity contribution in [3.8, 4) is 5.75 Å². The van der Waals surface area contributed by atoms with Gasteiger partial charge in [0.15, 0.2) is 0 Å². The quantitative estimate of drug-likeness (QED) is 0.788. The van der Waals surface area contributed by atoms with Gasteiger partial charge in [0, 0.05) is 26.2 Å². The molecule has 0 bridgehead atoms. The van der Waals surface area contributed by atoms with Gasteiger partial charge >= 0.3 is 0 Å². The number of aliphatic hydroxyl groups excluding tert-OH is 2. The molecule has 1 aromatic rings. The number of aliphatic hydroxyl groups is 2. The fraction of sp³-hybridized carbons (Fsp3) is 0.667. The molecule has 2 aliphatic rings. The van der Waals surface area contributed by atoms with Gasteiger partial charge in [-0.25, -0.2) is 0 Å². The van der Waals surface area contributed by atoms with E-state index in [4.69, 9.17) is 4.74 Å². The van der Waals surface area contributed by atoms with Crippen LogP contribution in [-0.4, -0.2) is 71.6 Å². The third-order valence-electron chi connectivity index (χ3n) is 4.63. The number of nitrogens with zero attached hydrogens (tertiary/aromatic N) is 2. The predicted molar refractivity (Wildman–Crippen MR) is 89.5 cm³/mol. The average Bonchev–Trinajstić information content (AvgIpc) is 2.54. The lowest BCUT2D eigenvalue weighted by atomic mass is 10.1. The second kappa shape index (κ2) is 8.11. The Labute approximate surface area is 138 Å². The second-order valence-corrected chi connectivity index (χ2v) is 6.82. The molecule has 3 rings (SSSR count). The van der Waals surface area contributed by atoms with Crippen molar-refractivity contribution in [1.82, 2.24) is 9.80 Å². The van der Waals surface area contributed by atoms with Crippen LogP contribution in [0.1, 0.15) is 24.8 Å². The molecular formula is C18H28N2O3. The summed E-state index contributed by atoms with van der Waals surface area (Å²) in [6.07, 6.45) is 3.20. The van der Waals surface area contributed by atoms with Crippen molar-refractivity contribution >= 4 is 0 Å². The third kappa shape index (κ3) is 5.18. The summed E-state index contributed by atoms with van der Waals surface area (Å²) in [5.74, 6) is 0.801. The van der Waals surface area contributed by atoms with E-state index in [2.05, 4.69) is 21.9 Å². The van der Waals surface area contributed by atoms with E-state index in [1.807, 2.05) is 12.1 Å². The molecule has 23 heavy (non-hydrogen) atoms. The summed E-state index contributed by atoms with van der Waals surface area (Å²) >= 11 is 0. The first-order valence-electron chi connectivity index (χ1n) is 8.71. The first kappa shape index (κ1) is 16.7. The van der Waals surface area contributed by atoms with E-state index in [0.29, 0.717) is 13.2 Å². The summed E-state index contributed by atoms with van der Waals surface area (Å²) in [7, 11) is 0. The minimum Gasteiger partial charge on any atom is -0.491 e. The Balaban J connectivity index is 1.37. The van der Waals surface area contributed by atoms with Crippen LogP contribution in [0.2, 0.25) is 0 Å². The zero-order chi connectivity index (χ0) is 16.1. The van der Waals surface area contributed by atoms with Crippen LogP contribution in [0.5, 0.6) is 5.75 Å². The van der Waals surface area contributed by atoms with Crippen LogP contribution in [0.15, 0.2) is 24.3 Å². The molecule has 0 amide bonds. The Morgan fingerprint density at radius 3 is 2.39 bits per heavy atom. The SMILES string of the molecule is OC1CN(Cc2ccc(OC[C@@H](O)CN3CCCCC3)cc2)C1. The molecule has 2 N–H and O–H groups in total. The topological polar surface area (TPSA) is 56.2 Å². The van der Waals surface area contributed by atoms with E-state index in [1.165, 1.54) is 24.8 Å². The minimum atomic E-state index is -0.435. The molecular weight excluding hydrogens is 292 g/mol. The highest BCUT2D eigenvalue weighted by molar-refractivity contribution is 5.27.